The molecule has 0 aliphatic heterocycles. The molecule has 1 heterocycles. The molecule has 0 bridgehead atoms. The van der Waals surface area contributed by atoms with Gasteiger partial charge in [-0.3, -0.25) is 4.79 Å². The van der Waals surface area contributed by atoms with Crippen LogP contribution in [0.5, 0.6) is 0 Å². The Morgan fingerprint density at radius 3 is 2.57 bits per heavy atom. The zero-order valence-corrected chi connectivity index (χ0v) is 7.78. The highest BCUT2D eigenvalue weighted by molar-refractivity contribution is 7.02. The van der Waals surface area contributed by atoms with Gasteiger partial charge in [-0.2, -0.15) is 0 Å². The van der Waals surface area contributed by atoms with Crippen molar-refractivity contribution in [3.05, 3.63) is 51.5 Å². The first-order chi connectivity index (χ1) is 6.77. The summed E-state index contributed by atoms with van der Waals surface area (Å²) >= 11 is 0.634. The fourth-order valence-corrected chi connectivity index (χ4v) is 1.39. The summed E-state index contributed by atoms with van der Waals surface area (Å²) in [7, 11) is 0. The average Bonchev–Trinajstić information content (AvgIpc) is 2.65. The van der Waals surface area contributed by atoms with Crippen molar-refractivity contribution >= 4 is 17.3 Å². The van der Waals surface area contributed by atoms with Crippen molar-refractivity contribution in [2.75, 3.05) is 0 Å². The van der Waals surface area contributed by atoms with E-state index in [0.29, 0.717) is 17.1 Å². The standard InChI is InChI=1S/C9H5NO3S/c11-7(6-4-2-1-3-5-6)8-10-14-9(12)13-8/h1-5H. The van der Waals surface area contributed by atoms with E-state index in [2.05, 4.69) is 8.79 Å². The molecule has 0 aliphatic rings. The molecular weight excluding hydrogens is 202 g/mol. The van der Waals surface area contributed by atoms with E-state index < -0.39 is 4.94 Å². The first-order valence-corrected chi connectivity index (χ1v) is 4.61. The molecule has 4 nitrogen and oxygen atoms in total. The molecule has 0 radical (unpaired) electrons. The fourth-order valence-electron chi connectivity index (χ4n) is 0.996. The minimum absolute atomic E-state index is 0.147. The van der Waals surface area contributed by atoms with E-state index in [4.69, 9.17) is 0 Å². The van der Waals surface area contributed by atoms with Crippen molar-refractivity contribution in [1.29, 1.82) is 0 Å². The van der Waals surface area contributed by atoms with Gasteiger partial charge in [-0.05, 0) is 0 Å². The van der Waals surface area contributed by atoms with E-state index in [0.717, 1.165) is 0 Å². The van der Waals surface area contributed by atoms with Crippen LogP contribution < -0.4 is 4.94 Å². The molecule has 0 amide bonds. The van der Waals surface area contributed by atoms with Crippen LogP contribution in [0.2, 0.25) is 0 Å². The van der Waals surface area contributed by atoms with E-state index in [1.807, 2.05) is 0 Å². The predicted octanol–water partition coefficient (Wildman–Crippen LogP) is 1.33. The van der Waals surface area contributed by atoms with Crippen molar-refractivity contribution in [3.63, 3.8) is 0 Å². The molecule has 0 unspecified atom stereocenters. The summed E-state index contributed by atoms with van der Waals surface area (Å²) in [6, 6.07) is 8.55. The summed E-state index contributed by atoms with van der Waals surface area (Å²) in [5.41, 5.74) is 0.460. The maximum Gasteiger partial charge on any atom is 0.414 e. The molecule has 0 saturated heterocycles. The molecule has 1 aromatic carbocycles. The Morgan fingerprint density at radius 2 is 2.00 bits per heavy atom. The van der Waals surface area contributed by atoms with Crippen molar-refractivity contribution in [3.8, 4) is 0 Å². The normalized spacial score (nSPS) is 10.0. The smallest absolute Gasteiger partial charge is 0.390 e. The van der Waals surface area contributed by atoms with Crippen molar-refractivity contribution in [1.82, 2.24) is 4.37 Å². The lowest BCUT2D eigenvalue weighted by Gasteiger charge is -1.93. The molecule has 1 aromatic heterocycles. The predicted molar refractivity (Wildman–Crippen MR) is 50.5 cm³/mol. The largest absolute Gasteiger partial charge is 0.414 e. The van der Waals surface area contributed by atoms with Gasteiger partial charge in [0.1, 0.15) is 0 Å². The molecule has 0 aliphatic carbocycles. The van der Waals surface area contributed by atoms with Crippen LogP contribution in [0.15, 0.2) is 39.5 Å². The van der Waals surface area contributed by atoms with Gasteiger partial charge in [0.2, 0.25) is 5.78 Å². The Kier molecular flexibility index (Phi) is 2.24. The molecule has 0 N–H and O–H groups in total. The average molecular weight is 207 g/mol. The Hall–Kier alpha value is -1.75. The lowest BCUT2D eigenvalue weighted by Crippen LogP contribution is -2.01. The highest BCUT2D eigenvalue weighted by Gasteiger charge is 2.14. The van der Waals surface area contributed by atoms with Gasteiger partial charge in [0, 0.05) is 5.56 Å². The zero-order chi connectivity index (χ0) is 9.97. The maximum absolute atomic E-state index is 11.6. The third-order valence-electron chi connectivity index (χ3n) is 1.61. The minimum Gasteiger partial charge on any atom is -0.390 e. The van der Waals surface area contributed by atoms with Crippen LogP contribution in [0.1, 0.15) is 16.2 Å². The molecule has 0 saturated carbocycles. The van der Waals surface area contributed by atoms with Gasteiger partial charge >= 0.3 is 4.94 Å². The zero-order valence-electron chi connectivity index (χ0n) is 6.97. The van der Waals surface area contributed by atoms with Crippen LogP contribution in [0.4, 0.5) is 0 Å². The van der Waals surface area contributed by atoms with Crippen LogP contribution in [0.3, 0.4) is 0 Å². The Morgan fingerprint density at radius 1 is 1.29 bits per heavy atom. The van der Waals surface area contributed by atoms with Gasteiger partial charge in [0.05, 0.1) is 11.5 Å². The van der Waals surface area contributed by atoms with Crippen molar-refractivity contribution in [2.45, 2.75) is 0 Å². The van der Waals surface area contributed by atoms with E-state index in [1.54, 1.807) is 30.3 Å². The Labute approximate surface area is 83.0 Å². The summed E-state index contributed by atoms with van der Waals surface area (Å²) in [4.78, 5) is 21.7. The molecular formula is C9H5NO3S. The van der Waals surface area contributed by atoms with Gasteiger partial charge < -0.3 is 4.42 Å². The summed E-state index contributed by atoms with van der Waals surface area (Å²) in [5, 5.41) is 0. The summed E-state index contributed by atoms with van der Waals surface area (Å²) < 4.78 is 8.21. The maximum atomic E-state index is 11.6. The van der Waals surface area contributed by atoms with Crippen LogP contribution in [-0.2, 0) is 0 Å². The van der Waals surface area contributed by atoms with Gasteiger partial charge in [-0.25, -0.2) is 4.79 Å². The highest BCUT2D eigenvalue weighted by Crippen LogP contribution is 2.06. The molecule has 0 fully saturated rings. The first-order valence-electron chi connectivity index (χ1n) is 3.84. The number of carbonyl (C=O) groups is 1. The van der Waals surface area contributed by atoms with Gasteiger partial charge in [-0.1, -0.05) is 30.3 Å². The van der Waals surface area contributed by atoms with Gasteiger partial charge in [-0.15, -0.1) is 4.37 Å². The second-order valence-corrected chi connectivity index (χ2v) is 3.23. The molecule has 70 valence electrons. The lowest BCUT2D eigenvalue weighted by molar-refractivity contribution is 0.100. The van der Waals surface area contributed by atoms with Crippen molar-refractivity contribution in [2.24, 2.45) is 0 Å². The number of nitrogens with zero attached hydrogens (tertiary/aromatic N) is 1. The van der Waals surface area contributed by atoms with E-state index in [-0.39, 0.29) is 11.7 Å². The summed E-state index contributed by atoms with van der Waals surface area (Å²) in [6.07, 6.45) is 0. The number of hydrogen-bond donors (Lipinski definition) is 0. The molecule has 2 rings (SSSR count). The van der Waals surface area contributed by atoms with Gasteiger partial charge in [0.15, 0.2) is 0 Å². The molecule has 0 spiro atoms. The van der Waals surface area contributed by atoms with Crippen LogP contribution in [0, 0.1) is 0 Å². The van der Waals surface area contributed by atoms with E-state index in [1.165, 1.54) is 0 Å². The number of aromatic nitrogens is 1. The molecule has 2 aromatic rings. The SMILES string of the molecule is O=C(c1ccccc1)c1nsc(=O)o1. The molecule has 5 heteroatoms. The van der Waals surface area contributed by atoms with Crippen LogP contribution in [-0.4, -0.2) is 10.2 Å². The number of hydrogen-bond acceptors (Lipinski definition) is 5. The number of benzene rings is 1. The molecule has 14 heavy (non-hydrogen) atoms. The third kappa shape index (κ3) is 1.62. The van der Waals surface area contributed by atoms with Crippen molar-refractivity contribution < 1.29 is 9.21 Å². The number of carbonyl (C=O) groups excluding carboxylic acids is 1. The van der Waals surface area contributed by atoms with E-state index in [9.17, 15) is 9.59 Å². The third-order valence-corrected chi connectivity index (χ3v) is 2.10. The van der Waals surface area contributed by atoms with Crippen LogP contribution >= 0.6 is 11.5 Å². The van der Waals surface area contributed by atoms with Gasteiger partial charge in [0.25, 0.3) is 5.89 Å². The topological polar surface area (TPSA) is 60.2 Å². The summed E-state index contributed by atoms with van der Waals surface area (Å²) in [5.74, 6) is -0.518. The number of ketones is 1. The number of rotatable bonds is 2. The highest BCUT2D eigenvalue weighted by atomic mass is 32.1. The summed E-state index contributed by atoms with van der Waals surface area (Å²) in [6.45, 7) is 0. The second kappa shape index (κ2) is 3.55. The first kappa shape index (κ1) is 8.83. The molecule has 0 atom stereocenters. The fraction of sp³-hybridized carbons (Fsp3) is 0. The Balaban J connectivity index is 2.38. The minimum atomic E-state index is -0.565. The second-order valence-electron chi connectivity index (χ2n) is 2.53. The lowest BCUT2D eigenvalue weighted by atomic mass is 10.1. The quantitative estimate of drug-likeness (QED) is 0.697. The Bertz CT molecular complexity index is 500. The van der Waals surface area contributed by atoms with Crippen LogP contribution in [0.25, 0.3) is 0 Å². The van der Waals surface area contributed by atoms with E-state index >= 15 is 0 Å². The monoisotopic (exact) mass is 207 g/mol.